The summed E-state index contributed by atoms with van der Waals surface area (Å²) >= 11 is 3.60. The molecule has 274 valence electrons. The van der Waals surface area contributed by atoms with Gasteiger partial charge in [0.15, 0.2) is 0 Å². The van der Waals surface area contributed by atoms with E-state index in [0.717, 1.165) is 37.9 Å². The SMILES string of the molecule is COC(=O)/C=C(\C[C@H]1O[C@H](COCc2ccccc2)[C@@H](OCc2ccccc2)[C@H](OCc2ccccc2)[C@@H]1OCc1ccccc1)c1cccc(Br)c1. The maximum atomic E-state index is 12.8. The Morgan fingerprint density at radius 2 is 1.08 bits per heavy atom. The molecule has 1 saturated heterocycles. The normalized spacial score (nSPS) is 20.2. The van der Waals surface area contributed by atoms with E-state index in [-0.39, 0.29) is 6.61 Å². The predicted octanol–water partition coefficient (Wildman–Crippen LogP) is 9.14. The summed E-state index contributed by atoms with van der Waals surface area (Å²) in [5.74, 6) is -0.457. The molecule has 1 aliphatic heterocycles. The molecule has 7 nitrogen and oxygen atoms in total. The number of hydrogen-bond acceptors (Lipinski definition) is 7. The molecule has 5 aromatic carbocycles. The Bertz CT molecular complexity index is 1850. The van der Waals surface area contributed by atoms with Gasteiger partial charge in [-0.2, -0.15) is 0 Å². The molecule has 6 rings (SSSR count). The van der Waals surface area contributed by atoms with Gasteiger partial charge in [-0.1, -0.05) is 149 Å². The second-order valence-electron chi connectivity index (χ2n) is 12.9. The Morgan fingerprint density at radius 1 is 0.604 bits per heavy atom. The summed E-state index contributed by atoms with van der Waals surface area (Å²) in [5.41, 5.74) is 5.72. The van der Waals surface area contributed by atoms with Crippen LogP contribution in [0.5, 0.6) is 0 Å². The quantitative estimate of drug-likeness (QED) is 0.0689. The van der Waals surface area contributed by atoms with Crippen LogP contribution in [0, 0.1) is 0 Å². The van der Waals surface area contributed by atoms with Gasteiger partial charge in [-0.25, -0.2) is 4.79 Å². The molecule has 53 heavy (non-hydrogen) atoms. The van der Waals surface area contributed by atoms with Crippen molar-refractivity contribution in [1.29, 1.82) is 0 Å². The van der Waals surface area contributed by atoms with Crippen LogP contribution in [0.4, 0.5) is 0 Å². The topological polar surface area (TPSA) is 72.5 Å². The molecule has 5 aromatic rings. The fourth-order valence-corrected chi connectivity index (χ4v) is 6.81. The number of halogens is 1. The lowest BCUT2D eigenvalue weighted by Crippen LogP contribution is -2.61. The van der Waals surface area contributed by atoms with Gasteiger partial charge >= 0.3 is 5.97 Å². The summed E-state index contributed by atoms with van der Waals surface area (Å²) < 4.78 is 40.0. The Labute approximate surface area is 320 Å². The molecule has 0 amide bonds. The number of benzene rings is 5. The average Bonchev–Trinajstić information content (AvgIpc) is 3.20. The van der Waals surface area contributed by atoms with Gasteiger partial charge in [-0.15, -0.1) is 0 Å². The van der Waals surface area contributed by atoms with E-state index in [9.17, 15) is 4.79 Å². The van der Waals surface area contributed by atoms with Gasteiger partial charge in [-0.3, -0.25) is 0 Å². The van der Waals surface area contributed by atoms with Gasteiger partial charge in [-0.05, 0) is 45.5 Å². The first-order chi connectivity index (χ1) is 26.1. The fourth-order valence-electron chi connectivity index (χ4n) is 6.42. The van der Waals surface area contributed by atoms with E-state index < -0.39 is 36.5 Å². The van der Waals surface area contributed by atoms with E-state index >= 15 is 0 Å². The van der Waals surface area contributed by atoms with E-state index in [4.69, 9.17) is 28.4 Å². The standard InChI is InChI=1S/C45H45BrO7/c1-48-42(47)27-38(37-23-14-24-39(46)25-37)26-40-43(50-29-34-17-8-3-9-18-34)45(52-31-36-21-12-5-13-22-36)44(51-30-35-19-10-4-11-20-35)41(53-40)32-49-28-33-15-6-2-7-16-33/h2-25,27,40-41,43-45H,26,28-32H2,1H3/b38-27+/t40-,41-,43-,44-,45-/m1/s1. The fraction of sp³-hybridized carbons (Fsp3) is 0.267. The van der Waals surface area contributed by atoms with Crippen LogP contribution in [-0.4, -0.2) is 50.2 Å². The summed E-state index contributed by atoms with van der Waals surface area (Å²) in [5, 5.41) is 0. The highest BCUT2D eigenvalue weighted by Gasteiger charge is 2.48. The van der Waals surface area contributed by atoms with Crippen molar-refractivity contribution >= 4 is 27.5 Å². The summed E-state index contributed by atoms with van der Waals surface area (Å²) in [6.07, 6.45) is -0.977. The minimum Gasteiger partial charge on any atom is -0.466 e. The molecule has 0 radical (unpaired) electrons. The number of esters is 1. The third-order valence-corrected chi connectivity index (χ3v) is 9.58. The maximum Gasteiger partial charge on any atom is 0.330 e. The highest BCUT2D eigenvalue weighted by Crippen LogP contribution is 2.36. The van der Waals surface area contributed by atoms with E-state index in [2.05, 4.69) is 15.9 Å². The van der Waals surface area contributed by atoms with Crippen molar-refractivity contribution in [1.82, 2.24) is 0 Å². The van der Waals surface area contributed by atoms with E-state index in [1.54, 1.807) is 0 Å². The monoisotopic (exact) mass is 776 g/mol. The minimum atomic E-state index is -0.599. The highest BCUT2D eigenvalue weighted by molar-refractivity contribution is 9.10. The zero-order chi connectivity index (χ0) is 36.7. The molecule has 5 atom stereocenters. The molecule has 0 aliphatic carbocycles. The van der Waals surface area contributed by atoms with Gasteiger partial charge in [0.25, 0.3) is 0 Å². The molecule has 0 aromatic heterocycles. The zero-order valence-electron chi connectivity index (χ0n) is 29.8. The highest BCUT2D eigenvalue weighted by atomic mass is 79.9. The zero-order valence-corrected chi connectivity index (χ0v) is 31.4. The Morgan fingerprint density at radius 3 is 1.57 bits per heavy atom. The molecule has 8 heteroatoms. The molecule has 0 N–H and O–H groups in total. The van der Waals surface area contributed by atoms with Gasteiger partial charge in [0, 0.05) is 17.0 Å². The van der Waals surface area contributed by atoms with Crippen LogP contribution in [0.25, 0.3) is 5.57 Å². The van der Waals surface area contributed by atoms with Crippen molar-refractivity contribution in [3.8, 4) is 0 Å². The number of carbonyl (C=O) groups is 1. The molecule has 0 bridgehead atoms. The van der Waals surface area contributed by atoms with E-state index in [0.29, 0.717) is 32.8 Å². The first kappa shape index (κ1) is 38.3. The number of hydrogen-bond donors (Lipinski definition) is 0. The van der Waals surface area contributed by atoms with Crippen LogP contribution in [0.3, 0.4) is 0 Å². The van der Waals surface area contributed by atoms with Crippen molar-refractivity contribution in [3.63, 3.8) is 0 Å². The summed E-state index contributed by atoms with van der Waals surface area (Å²) in [6, 6.07) is 48.1. The summed E-state index contributed by atoms with van der Waals surface area (Å²) in [4.78, 5) is 12.8. The average molecular weight is 778 g/mol. The summed E-state index contributed by atoms with van der Waals surface area (Å²) in [6.45, 7) is 1.66. The Kier molecular flexibility index (Phi) is 14.6. The van der Waals surface area contributed by atoms with Crippen LogP contribution in [-0.2, 0) is 59.6 Å². The van der Waals surface area contributed by atoms with Crippen LogP contribution < -0.4 is 0 Å². The third kappa shape index (κ3) is 11.5. The number of methoxy groups -OCH3 is 1. The molecule has 0 spiro atoms. The first-order valence-corrected chi connectivity index (χ1v) is 18.6. The van der Waals surface area contributed by atoms with E-state index in [1.807, 2.05) is 146 Å². The predicted molar refractivity (Wildman–Crippen MR) is 209 cm³/mol. The molecule has 1 aliphatic rings. The van der Waals surface area contributed by atoms with Gasteiger partial charge in [0.1, 0.15) is 24.4 Å². The number of rotatable bonds is 17. The second-order valence-corrected chi connectivity index (χ2v) is 13.8. The van der Waals surface area contributed by atoms with Crippen molar-refractivity contribution in [3.05, 3.63) is 184 Å². The van der Waals surface area contributed by atoms with E-state index in [1.165, 1.54) is 13.2 Å². The van der Waals surface area contributed by atoms with Crippen molar-refractivity contribution in [2.24, 2.45) is 0 Å². The van der Waals surface area contributed by atoms with Gasteiger partial charge in [0.05, 0.1) is 46.2 Å². The number of carbonyl (C=O) groups excluding carboxylic acids is 1. The molecular weight excluding hydrogens is 732 g/mol. The Balaban J connectivity index is 1.38. The molecular formula is C45H45BrO7. The van der Waals surface area contributed by atoms with Crippen LogP contribution >= 0.6 is 15.9 Å². The lowest BCUT2D eigenvalue weighted by atomic mass is 9.88. The van der Waals surface area contributed by atoms with Gasteiger partial charge < -0.3 is 28.4 Å². The summed E-state index contributed by atoms with van der Waals surface area (Å²) in [7, 11) is 1.38. The smallest absolute Gasteiger partial charge is 0.330 e. The van der Waals surface area contributed by atoms with Crippen molar-refractivity contribution < 1.29 is 33.2 Å². The first-order valence-electron chi connectivity index (χ1n) is 17.8. The maximum absolute atomic E-state index is 12.8. The largest absolute Gasteiger partial charge is 0.466 e. The minimum absolute atomic E-state index is 0.244. The Hall–Kier alpha value is -4.41. The number of ether oxygens (including phenoxy) is 6. The lowest BCUT2D eigenvalue weighted by Gasteiger charge is -2.46. The van der Waals surface area contributed by atoms with Crippen molar-refractivity contribution in [2.45, 2.75) is 63.4 Å². The van der Waals surface area contributed by atoms with Crippen LogP contribution in [0.1, 0.15) is 34.2 Å². The molecule has 0 saturated carbocycles. The third-order valence-electron chi connectivity index (χ3n) is 9.09. The molecule has 1 fully saturated rings. The lowest BCUT2D eigenvalue weighted by molar-refractivity contribution is -0.271. The van der Waals surface area contributed by atoms with Crippen molar-refractivity contribution in [2.75, 3.05) is 13.7 Å². The van der Waals surface area contributed by atoms with Crippen LogP contribution in [0.15, 0.2) is 156 Å². The molecule has 0 unspecified atom stereocenters. The molecule has 1 heterocycles. The second kappa shape index (κ2) is 20.2. The van der Waals surface area contributed by atoms with Gasteiger partial charge in [0.2, 0.25) is 0 Å². The van der Waals surface area contributed by atoms with Crippen LogP contribution in [0.2, 0.25) is 0 Å².